The molecule has 2 heterocycles. The Morgan fingerprint density at radius 1 is 1.00 bits per heavy atom. The van der Waals surface area contributed by atoms with Crippen molar-refractivity contribution in [3.63, 3.8) is 0 Å². The van der Waals surface area contributed by atoms with Crippen molar-refractivity contribution in [2.24, 2.45) is 0 Å². The van der Waals surface area contributed by atoms with Crippen molar-refractivity contribution in [2.75, 3.05) is 36.5 Å². The molecule has 0 aliphatic carbocycles. The van der Waals surface area contributed by atoms with Crippen molar-refractivity contribution >= 4 is 28.3 Å². The van der Waals surface area contributed by atoms with Crippen molar-refractivity contribution in [2.45, 2.75) is 20.0 Å². The highest BCUT2D eigenvalue weighted by Crippen LogP contribution is 2.26. The van der Waals surface area contributed by atoms with Gasteiger partial charge in [-0.2, -0.15) is 0 Å². The molecular weight excluding hydrogens is 356 g/mol. The molecule has 3 aromatic rings. The molecule has 1 fully saturated rings. The molecule has 2 aromatic carbocycles. The molecule has 7 nitrogen and oxygen atoms in total. The molecule has 0 bridgehead atoms. The first-order valence-electron chi connectivity index (χ1n) is 9.58. The van der Waals surface area contributed by atoms with Gasteiger partial charge in [0.1, 0.15) is 6.54 Å². The summed E-state index contributed by atoms with van der Waals surface area (Å²) in [5.74, 6) is -0.221. The lowest BCUT2D eigenvalue weighted by Gasteiger charge is -2.30. The number of fused-ring (bicyclic) bond motifs is 1. The lowest BCUT2D eigenvalue weighted by atomic mass is 10.2. The molecular formula is C21H24N4O3. The number of imidazole rings is 1. The number of aromatic nitrogens is 2. The van der Waals surface area contributed by atoms with Crippen LogP contribution in [0.15, 0.2) is 53.3 Å². The van der Waals surface area contributed by atoms with Gasteiger partial charge >= 0.3 is 5.69 Å². The molecule has 4 rings (SSSR count). The number of nitrogens with zero attached hydrogens (tertiary/aromatic N) is 3. The summed E-state index contributed by atoms with van der Waals surface area (Å²) in [7, 11) is 0. The SMILES string of the molecule is CCn1c(=O)n(CC(=O)Nc2ccccc2N2CCOCC2)c2ccccc21. The number of rotatable bonds is 5. The van der Waals surface area contributed by atoms with E-state index in [2.05, 4.69) is 10.2 Å². The zero-order valence-corrected chi connectivity index (χ0v) is 15.9. The second kappa shape index (κ2) is 7.90. The third-order valence-corrected chi connectivity index (χ3v) is 5.07. The van der Waals surface area contributed by atoms with Gasteiger partial charge in [-0.05, 0) is 31.2 Å². The Hall–Kier alpha value is -3.06. The van der Waals surface area contributed by atoms with E-state index < -0.39 is 0 Å². The largest absolute Gasteiger partial charge is 0.378 e. The van der Waals surface area contributed by atoms with Crippen molar-refractivity contribution in [3.8, 4) is 0 Å². The zero-order valence-electron chi connectivity index (χ0n) is 15.9. The minimum atomic E-state index is -0.221. The summed E-state index contributed by atoms with van der Waals surface area (Å²) in [6, 6.07) is 15.3. The smallest absolute Gasteiger partial charge is 0.329 e. The molecule has 1 aliphatic rings. The second-order valence-electron chi connectivity index (χ2n) is 6.77. The number of anilines is 2. The summed E-state index contributed by atoms with van der Waals surface area (Å²) in [5.41, 5.74) is 3.17. The van der Waals surface area contributed by atoms with Gasteiger partial charge in [0.25, 0.3) is 0 Å². The maximum atomic E-state index is 12.8. The molecule has 1 aliphatic heterocycles. The number of benzene rings is 2. The molecule has 0 radical (unpaired) electrons. The van der Waals surface area contributed by atoms with Crippen molar-refractivity contribution < 1.29 is 9.53 Å². The Kier molecular flexibility index (Phi) is 5.16. The van der Waals surface area contributed by atoms with Gasteiger partial charge in [0.2, 0.25) is 5.91 Å². The first kappa shape index (κ1) is 18.3. The average Bonchev–Trinajstić information content (AvgIpc) is 3.00. The summed E-state index contributed by atoms with van der Waals surface area (Å²) in [6.45, 7) is 5.39. The number of aryl methyl sites for hydroxylation is 1. The third-order valence-electron chi connectivity index (χ3n) is 5.07. The predicted molar refractivity (Wildman–Crippen MR) is 110 cm³/mol. The zero-order chi connectivity index (χ0) is 19.5. The van der Waals surface area contributed by atoms with Gasteiger partial charge in [-0.25, -0.2) is 4.79 Å². The van der Waals surface area contributed by atoms with Crippen molar-refractivity contribution in [1.82, 2.24) is 9.13 Å². The maximum Gasteiger partial charge on any atom is 0.329 e. The van der Waals surface area contributed by atoms with Gasteiger partial charge < -0.3 is 15.0 Å². The maximum absolute atomic E-state index is 12.8. The fourth-order valence-electron chi connectivity index (χ4n) is 3.72. The highest BCUT2D eigenvalue weighted by molar-refractivity contribution is 5.95. The molecule has 1 amide bonds. The summed E-state index contributed by atoms with van der Waals surface area (Å²) in [4.78, 5) is 27.7. The molecule has 0 spiro atoms. The highest BCUT2D eigenvalue weighted by Gasteiger charge is 2.18. The Labute approximate surface area is 163 Å². The van der Waals surface area contributed by atoms with Crippen LogP contribution in [0.4, 0.5) is 11.4 Å². The molecule has 1 N–H and O–H groups in total. The predicted octanol–water partition coefficient (Wildman–Crippen LogP) is 2.30. The number of nitrogens with one attached hydrogen (secondary N) is 1. The average molecular weight is 380 g/mol. The summed E-state index contributed by atoms with van der Waals surface area (Å²) in [5, 5.41) is 2.99. The first-order valence-corrected chi connectivity index (χ1v) is 9.58. The Morgan fingerprint density at radius 2 is 1.64 bits per heavy atom. The number of carbonyl (C=O) groups excluding carboxylic acids is 1. The molecule has 28 heavy (non-hydrogen) atoms. The van der Waals surface area contributed by atoms with E-state index in [4.69, 9.17) is 4.74 Å². The fourth-order valence-corrected chi connectivity index (χ4v) is 3.72. The van der Waals surface area contributed by atoms with Crippen LogP contribution in [0, 0.1) is 0 Å². The van der Waals surface area contributed by atoms with Crippen LogP contribution >= 0.6 is 0 Å². The number of carbonyl (C=O) groups is 1. The number of amides is 1. The van der Waals surface area contributed by atoms with Crippen LogP contribution in [0.1, 0.15) is 6.92 Å². The summed E-state index contributed by atoms with van der Waals surface area (Å²) < 4.78 is 8.64. The van der Waals surface area contributed by atoms with Crippen LogP contribution < -0.4 is 15.9 Å². The van der Waals surface area contributed by atoms with Gasteiger partial charge in [0.15, 0.2) is 0 Å². The Bertz CT molecular complexity index is 1050. The van der Waals surface area contributed by atoms with Gasteiger partial charge in [-0.15, -0.1) is 0 Å². The molecule has 146 valence electrons. The van der Waals surface area contributed by atoms with E-state index in [1.54, 1.807) is 4.57 Å². The molecule has 1 saturated heterocycles. The minimum absolute atomic E-state index is 0.0240. The molecule has 0 unspecified atom stereocenters. The van der Waals surface area contributed by atoms with Crippen LogP contribution in [0.2, 0.25) is 0 Å². The quantitative estimate of drug-likeness (QED) is 0.738. The van der Waals surface area contributed by atoms with Crippen LogP contribution in [-0.2, 0) is 22.6 Å². The Morgan fingerprint density at radius 3 is 2.36 bits per heavy atom. The Balaban J connectivity index is 1.59. The van der Waals surface area contributed by atoms with E-state index in [1.165, 1.54) is 4.57 Å². The van der Waals surface area contributed by atoms with Gasteiger partial charge in [0, 0.05) is 19.6 Å². The number of hydrogen-bond donors (Lipinski definition) is 1. The summed E-state index contributed by atoms with van der Waals surface area (Å²) in [6.07, 6.45) is 0. The van der Waals surface area contributed by atoms with Crippen LogP contribution in [0.25, 0.3) is 11.0 Å². The van der Waals surface area contributed by atoms with Crippen molar-refractivity contribution in [1.29, 1.82) is 0 Å². The lowest BCUT2D eigenvalue weighted by molar-refractivity contribution is -0.116. The van der Waals surface area contributed by atoms with E-state index in [0.717, 1.165) is 35.5 Å². The van der Waals surface area contributed by atoms with E-state index in [-0.39, 0.29) is 18.1 Å². The molecule has 0 saturated carbocycles. The van der Waals surface area contributed by atoms with E-state index in [0.29, 0.717) is 19.8 Å². The minimum Gasteiger partial charge on any atom is -0.378 e. The van der Waals surface area contributed by atoms with Crippen LogP contribution in [0.5, 0.6) is 0 Å². The van der Waals surface area contributed by atoms with Crippen molar-refractivity contribution in [3.05, 3.63) is 59.0 Å². The highest BCUT2D eigenvalue weighted by atomic mass is 16.5. The van der Waals surface area contributed by atoms with E-state index >= 15 is 0 Å². The van der Waals surface area contributed by atoms with Gasteiger partial charge in [0.05, 0.1) is 35.6 Å². The standard InChI is InChI=1S/C21H24N4O3/c1-2-24-18-9-5-6-10-19(18)25(21(24)27)15-20(26)22-16-7-3-4-8-17(16)23-11-13-28-14-12-23/h3-10H,2,11-15H2,1H3,(H,22,26). The summed E-state index contributed by atoms with van der Waals surface area (Å²) >= 11 is 0. The monoisotopic (exact) mass is 380 g/mol. The molecule has 7 heteroatoms. The topological polar surface area (TPSA) is 68.5 Å². The van der Waals surface area contributed by atoms with Crippen LogP contribution in [-0.4, -0.2) is 41.3 Å². The first-order chi connectivity index (χ1) is 13.7. The molecule has 0 atom stereocenters. The van der Waals surface area contributed by atoms with Gasteiger partial charge in [-0.1, -0.05) is 24.3 Å². The number of hydrogen-bond acceptors (Lipinski definition) is 4. The second-order valence-corrected chi connectivity index (χ2v) is 6.77. The number of ether oxygens (including phenoxy) is 1. The fraction of sp³-hybridized carbons (Fsp3) is 0.333. The van der Waals surface area contributed by atoms with Gasteiger partial charge in [-0.3, -0.25) is 13.9 Å². The molecule has 1 aromatic heterocycles. The van der Waals surface area contributed by atoms with Crippen LogP contribution in [0.3, 0.4) is 0 Å². The normalized spacial score (nSPS) is 14.4. The number of morpholine rings is 1. The third kappa shape index (κ3) is 3.41. The van der Waals surface area contributed by atoms with E-state index in [9.17, 15) is 9.59 Å². The lowest BCUT2D eigenvalue weighted by Crippen LogP contribution is -2.37. The number of para-hydroxylation sites is 4. The van der Waals surface area contributed by atoms with E-state index in [1.807, 2.05) is 55.5 Å².